The molecule has 0 aromatic rings. The van der Waals surface area contributed by atoms with Crippen LogP contribution < -0.4 is 0 Å². The molecule has 13 heavy (non-hydrogen) atoms. The van der Waals surface area contributed by atoms with E-state index < -0.39 is 0 Å². The van der Waals surface area contributed by atoms with Crippen LogP contribution in [0.25, 0.3) is 0 Å². The van der Waals surface area contributed by atoms with Crippen molar-refractivity contribution < 1.29 is 0 Å². The van der Waals surface area contributed by atoms with Gasteiger partial charge in [-0.05, 0) is 40.5 Å². The Bertz CT molecular complexity index is 238. The highest BCUT2D eigenvalue weighted by atomic mass is 14.3. The molecule has 0 saturated carbocycles. The van der Waals surface area contributed by atoms with Crippen molar-refractivity contribution in [1.82, 2.24) is 0 Å². The van der Waals surface area contributed by atoms with Crippen molar-refractivity contribution in [2.24, 2.45) is 5.41 Å². The first-order valence-corrected chi connectivity index (χ1v) is 4.70. The lowest BCUT2D eigenvalue weighted by atomic mass is 9.84. The molecule has 0 radical (unpaired) electrons. The molecular weight excluding hydrogens is 158 g/mol. The molecule has 0 fully saturated rings. The highest BCUT2D eigenvalue weighted by Gasteiger charge is 2.20. The quantitative estimate of drug-likeness (QED) is 0.598. The molecule has 0 aliphatic carbocycles. The second-order valence-electron chi connectivity index (χ2n) is 3.93. The van der Waals surface area contributed by atoms with Crippen molar-refractivity contribution in [1.29, 1.82) is 5.26 Å². The predicted octanol–water partition coefficient (Wildman–Crippen LogP) is 3.84. The molecule has 0 bridgehead atoms. The van der Waals surface area contributed by atoms with Crippen LogP contribution in [0.4, 0.5) is 0 Å². The van der Waals surface area contributed by atoms with E-state index >= 15 is 0 Å². The Balaban J connectivity index is 4.30. The minimum absolute atomic E-state index is 0.232. The van der Waals surface area contributed by atoms with Crippen molar-refractivity contribution in [3.63, 3.8) is 0 Å². The molecule has 0 aromatic heterocycles. The normalized spacial score (nSPS) is 15.0. The molecule has 0 aliphatic rings. The summed E-state index contributed by atoms with van der Waals surface area (Å²) < 4.78 is 0. The fourth-order valence-electron chi connectivity index (χ4n) is 0.982. The molecule has 1 nitrogen and oxygen atoms in total. The molecule has 0 amide bonds. The van der Waals surface area contributed by atoms with Crippen LogP contribution in [0.5, 0.6) is 0 Å². The van der Waals surface area contributed by atoms with Crippen LogP contribution in [0.2, 0.25) is 0 Å². The van der Waals surface area contributed by atoms with E-state index in [1.165, 1.54) is 5.57 Å². The summed E-state index contributed by atoms with van der Waals surface area (Å²) in [6.07, 6.45) is 7.87. The summed E-state index contributed by atoms with van der Waals surface area (Å²) in [5, 5.41) is 9.01. The zero-order valence-corrected chi connectivity index (χ0v) is 9.09. The monoisotopic (exact) mass is 177 g/mol. The summed E-state index contributed by atoms with van der Waals surface area (Å²) in [7, 11) is 0. The number of hydrogen-bond acceptors (Lipinski definition) is 1. The molecule has 72 valence electrons. The van der Waals surface area contributed by atoms with E-state index in [9.17, 15) is 0 Å². The van der Waals surface area contributed by atoms with Gasteiger partial charge in [0.2, 0.25) is 0 Å². The molecule has 0 heterocycles. The molecule has 1 unspecified atom stereocenters. The number of nitrogens with zero attached hydrogens (tertiary/aromatic N) is 1. The van der Waals surface area contributed by atoms with Gasteiger partial charge in [-0.2, -0.15) is 5.26 Å². The summed E-state index contributed by atoms with van der Waals surface area (Å²) in [6.45, 7) is 8.12. The van der Waals surface area contributed by atoms with Gasteiger partial charge in [0.1, 0.15) is 0 Å². The molecular formula is C12H19N. The van der Waals surface area contributed by atoms with Gasteiger partial charge in [0.25, 0.3) is 0 Å². The van der Waals surface area contributed by atoms with Crippen LogP contribution in [0, 0.1) is 16.7 Å². The minimum Gasteiger partial charge on any atom is -0.198 e. The van der Waals surface area contributed by atoms with Crippen LogP contribution in [0.15, 0.2) is 23.8 Å². The van der Waals surface area contributed by atoms with Gasteiger partial charge in [-0.25, -0.2) is 0 Å². The largest absolute Gasteiger partial charge is 0.198 e. The summed E-state index contributed by atoms with van der Waals surface area (Å²) in [5.41, 5.74) is 1.05. The summed E-state index contributed by atoms with van der Waals surface area (Å²) >= 11 is 0. The van der Waals surface area contributed by atoms with E-state index in [2.05, 4.69) is 32.1 Å². The van der Waals surface area contributed by atoms with E-state index in [1.807, 2.05) is 19.9 Å². The van der Waals surface area contributed by atoms with Crippen molar-refractivity contribution in [3.05, 3.63) is 23.8 Å². The van der Waals surface area contributed by atoms with E-state index in [0.29, 0.717) is 0 Å². The van der Waals surface area contributed by atoms with Gasteiger partial charge < -0.3 is 0 Å². The number of rotatable bonds is 4. The standard InChI is InChI=1S/C12H19N/c1-5-6-8-12(4,10-13)9-7-11(2)3/h5-7H,8-9H2,1-4H3. The Morgan fingerprint density at radius 2 is 2.00 bits per heavy atom. The van der Waals surface area contributed by atoms with E-state index in [-0.39, 0.29) is 5.41 Å². The molecule has 0 N–H and O–H groups in total. The van der Waals surface area contributed by atoms with Gasteiger partial charge >= 0.3 is 0 Å². The average Bonchev–Trinajstić information content (AvgIpc) is 2.11. The van der Waals surface area contributed by atoms with Crippen LogP contribution in [0.1, 0.15) is 40.5 Å². The van der Waals surface area contributed by atoms with Crippen molar-refractivity contribution >= 4 is 0 Å². The number of allylic oxidation sites excluding steroid dienone is 4. The predicted molar refractivity (Wildman–Crippen MR) is 57.2 cm³/mol. The van der Waals surface area contributed by atoms with Crippen molar-refractivity contribution in [2.75, 3.05) is 0 Å². The lowest BCUT2D eigenvalue weighted by Gasteiger charge is -2.17. The van der Waals surface area contributed by atoms with Crippen LogP contribution in [0.3, 0.4) is 0 Å². The van der Waals surface area contributed by atoms with Gasteiger partial charge in [-0.1, -0.05) is 23.8 Å². The maximum Gasteiger partial charge on any atom is 0.0693 e. The first-order valence-electron chi connectivity index (χ1n) is 4.70. The average molecular weight is 177 g/mol. The Labute approximate surface area is 81.8 Å². The van der Waals surface area contributed by atoms with E-state index in [1.54, 1.807) is 0 Å². The minimum atomic E-state index is -0.232. The third-order valence-electron chi connectivity index (χ3n) is 2.03. The summed E-state index contributed by atoms with van der Waals surface area (Å²) in [5.74, 6) is 0. The smallest absolute Gasteiger partial charge is 0.0693 e. The first-order chi connectivity index (χ1) is 6.04. The molecule has 1 atom stereocenters. The molecule has 0 aliphatic heterocycles. The van der Waals surface area contributed by atoms with Gasteiger partial charge in [0, 0.05) is 0 Å². The van der Waals surface area contributed by atoms with E-state index in [4.69, 9.17) is 5.26 Å². The topological polar surface area (TPSA) is 23.8 Å². The molecule has 0 rings (SSSR count). The van der Waals surface area contributed by atoms with Crippen molar-refractivity contribution in [3.8, 4) is 6.07 Å². The Morgan fingerprint density at radius 1 is 1.38 bits per heavy atom. The van der Waals surface area contributed by atoms with Crippen LogP contribution in [-0.4, -0.2) is 0 Å². The third-order valence-corrected chi connectivity index (χ3v) is 2.03. The summed E-state index contributed by atoms with van der Waals surface area (Å²) in [4.78, 5) is 0. The van der Waals surface area contributed by atoms with Crippen molar-refractivity contribution in [2.45, 2.75) is 40.5 Å². The Morgan fingerprint density at radius 3 is 2.38 bits per heavy atom. The number of nitriles is 1. The lowest BCUT2D eigenvalue weighted by Crippen LogP contribution is -2.11. The van der Waals surface area contributed by atoms with Gasteiger partial charge in [-0.3, -0.25) is 0 Å². The highest BCUT2D eigenvalue weighted by Crippen LogP contribution is 2.26. The maximum atomic E-state index is 9.01. The summed E-state index contributed by atoms with van der Waals surface area (Å²) in [6, 6.07) is 2.37. The van der Waals surface area contributed by atoms with Crippen LogP contribution >= 0.6 is 0 Å². The van der Waals surface area contributed by atoms with Gasteiger partial charge in [0.15, 0.2) is 0 Å². The van der Waals surface area contributed by atoms with Gasteiger partial charge in [0.05, 0.1) is 11.5 Å². The van der Waals surface area contributed by atoms with Crippen LogP contribution in [-0.2, 0) is 0 Å². The highest BCUT2D eigenvalue weighted by molar-refractivity contribution is 5.07. The molecule has 0 aromatic carbocycles. The Kier molecular flexibility index (Phi) is 5.14. The SMILES string of the molecule is CC=CCC(C)(C#N)CC=C(C)C. The van der Waals surface area contributed by atoms with Gasteiger partial charge in [-0.15, -0.1) is 0 Å². The zero-order valence-electron chi connectivity index (χ0n) is 9.09. The maximum absolute atomic E-state index is 9.01. The first kappa shape index (κ1) is 12.0. The fourth-order valence-corrected chi connectivity index (χ4v) is 0.982. The molecule has 0 spiro atoms. The lowest BCUT2D eigenvalue weighted by molar-refractivity contribution is 0.454. The number of hydrogen-bond donors (Lipinski definition) is 0. The molecule has 0 saturated heterocycles. The Hall–Kier alpha value is -1.03. The zero-order chi connectivity index (χ0) is 10.3. The second-order valence-corrected chi connectivity index (χ2v) is 3.93. The third kappa shape index (κ3) is 5.25. The molecule has 1 heteroatoms. The van der Waals surface area contributed by atoms with E-state index in [0.717, 1.165) is 12.8 Å². The fraction of sp³-hybridized carbons (Fsp3) is 0.583. The second kappa shape index (κ2) is 5.59.